The summed E-state index contributed by atoms with van der Waals surface area (Å²) in [5, 5.41) is 5.15. The molecule has 20 heavy (non-hydrogen) atoms. The van der Waals surface area contributed by atoms with Gasteiger partial charge in [0.15, 0.2) is 0 Å². The summed E-state index contributed by atoms with van der Waals surface area (Å²) in [6.07, 6.45) is 3.55. The van der Waals surface area contributed by atoms with E-state index < -0.39 is 0 Å². The average Bonchev–Trinajstić information content (AvgIpc) is 2.51. The van der Waals surface area contributed by atoms with Crippen LogP contribution in [0.3, 0.4) is 0 Å². The lowest BCUT2D eigenvalue weighted by molar-refractivity contribution is 0.841. The second kappa shape index (κ2) is 5.47. The molecule has 0 aliphatic rings. The quantitative estimate of drug-likeness (QED) is 0.771. The molecular weight excluding hydrogens is 270 g/mol. The lowest BCUT2D eigenvalue weighted by Gasteiger charge is -2.16. The number of hydrogen-bond donors (Lipinski definition) is 1. The highest BCUT2D eigenvalue weighted by molar-refractivity contribution is 6.35. The fraction of sp³-hybridized carbons (Fsp3) is 0.125. The number of anilines is 1. The Balaban J connectivity index is 1.97. The first-order valence-corrected chi connectivity index (χ1v) is 6.84. The van der Waals surface area contributed by atoms with Gasteiger partial charge in [0.1, 0.15) is 0 Å². The highest BCUT2D eigenvalue weighted by atomic mass is 35.5. The lowest BCUT2D eigenvalue weighted by Crippen LogP contribution is -2.08. The summed E-state index contributed by atoms with van der Waals surface area (Å²) in [5.41, 5.74) is 2.82. The van der Waals surface area contributed by atoms with Crippen LogP contribution in [0.1, 0.15) is 18.7 Å². The maximum atomic E-state index is 6.18. The number of aromatic nitrogens is 2. The minimum Gasteiger partial charge on any atom is -0.376 e. The number of halogens is 1. The molecule has 0 bridgehead atoms. The summed E-state index contributed by atoms with van der Waals surface area (Å²) >= 11 is 6.18. The van der Waals surface area contributed by atoms with Gasteiger partial charge in [0.05, 0.1) is 22.3 Å². The fourth-order valence-electron chi connectivity index (χ4n) is 2.20. The van der Waals surface area contributed by atoms with E-state index in [1.165, 1.54) is 0 Å². The van der Waals surface area contributed by atoms with Crippen LogP contribution in [0.15, 0.2) is 54.9 Å². The highest BCUT2D eigenvalue weighted by Crippen LogP contribution is 2.30. The molecule has 2 heterocycles. The van der Waals surface area contributed by atoms with Gasteiger partial charge < -0.3 is 5.32 Å². The van der Waals surface area contributed by atoms with Crippen LogP contribution in [0.4, 0.5) is 5.69 Å². The first-order valence-electron chi connectivity index (χ1n) is 6.46. The number of fused-ring (bicyclic) bond motifs is 1. The van der Waals surface area contributed by atoms with E-state index in [2.05, 4.69) is 22.2 Å². The van der Waals surface area contributed by atoms with Gasteiger partial charge in [0.25, 0.3) is 0 Å². The van der Waals surface area contributed by atoms with Crippen LogP contribution in [0, 0.1) is 0 Å². The number of nitrogens with one attached hydrogen (secondary N) is 1. The van der Waals surface area contributed by atoms with Crippen LogP contribution >= 0.6 is 11.6 Å². The SMILES string of the molecule is CC(Nc1ccc(Cl)c2ncccc12)c1ccccn1. The molecule has 3 rings (SSSR count). The molecule has 0 saturated carbocycles. The second-order valence-corrected chi connectivity index (χ2v) is 5.02. The Hall–Kier alpha value is -2.13. The Labute approximate surface area is 122 Å². The molecule has 0 aliphatic heterocycles. The minimum atomic E-state index is 0.112. The molecule has 0 spiro atoms. The van der Waals surface area contributed by atoms with Gasteiger partial charge in [0.2, 0.25) is 0 Å². The van der Waals surface area contributed by atoms with E-state index in [1.54, 1.807) is 12.4 Å². The van der Waals surface area contributed by atoms with Gasteiger partial charge in [-0.25, -0.2) is 0 Å². The summed E-state index contributed by atoms with van der Waals surface area (Å²) in [6, 6.07) is 13.8. The third-order valence-electron chi connectivity index (χ3n) is 3.22. The average molecular weight is 284 g/mol. The molecule has 0 amide bonds. The van der Waals surface area contributed by atoms with Crippen LogP contribution in [0.2, 0.25) is 5.02 Å². The Morgan fingerprint density at radius 2 is 1.85 bits per heavy atom. The predicted octanol–water partition coefficient (Wildman–Crippen LogP) is 4.46. The van der Waals surface area contributed by atoms with Crippen LogP contribution in [0.25, 0.3) is 10.9 Å². The molecule has 3 nitrogen and oxygen atoms in total. The maximum absolute atomic E-state index is 6.18. The van der Waals surface area contributed by atoms with Crippen LogP contribution in [-0.2, 0) is 0 Å². The summed E-state index contributed by atoms with van der Waals surface area (Å²) in [4.78, 5) is 8.70. The first kappa shape index (κ1) is 12.9. The van der Waals surface area contributed by atoms with E-state index >= 15 is 0 Å². The number of nitrogens with zero attached hydrogens (tertiary/aromatic N) is 2. The largest absolute Gasteiger partial charge is 0.376 e. The van der Waals surface area contributed by atoms with E-state index in [1.807, 2.05) is 42.5 Å². The smallest absolute Gasteiger partial charge is 0.0908 e. The number of hydrogen-bond acceptors (Lipinski definition) is 3. The van der Waals surface area contributed by atoms with Gasteiger partial charge in [-0.1, -0.05) is 17.7 Å². The molecule has 2 aromatic heterocycles. The number of rotatable bonds is 3. The number of pyridine rings is 2. The van der Waals surface area contributed by atoms with Crippen molar-refractivity contribution in [2.45, 2.75) is 13.0 Å². The molecule has 1 N–H and O–H groups in total. The van der Waals surface area contributed by atoms with E-state index in [0.717, 1.165) is 22.3 Å². The van der Waals surface area contributed by atoms with Gasteiger partial charge in [-0.3, -0.25) is 9.97 Å². The zero-order chi connectivity index (χ0) is 13.9. The van der Waals surface area contributed by atoms with E-state index in [0.29, 0.717) is 5.02 Å². The zero-order valence-corrected chi connectivity index (χ0v) is 11.8. The maximum Gasteiger partial charge on any atom is 0.0908 e. The Bertz CT molecular complexity index is 728. The summed E-state index contributed by atoms with van der Waals surface area (Å²) < 4.78 is 0. The van der Waals surface area contributed by atoms with Gasteiger partial charge in [-0.05, 0) is 43.3 Å². The number of benzene rings is 1. The predicted molar refractivity (Wildman–Crippen MR) is 83.0 cm³/mol. The molecule has 0 fully saturated rings. The van der Waals surface area contributed by atoms with E-state index in [-0.39, 0.29) is 6.04 Å². The Morgan fingerprint density at radius 3 is 2.65 bits per heavy atom. The molecule has 3 aromatic rings. The molecule has 0 aliphatic carbocycles. The van der Waals surface area contributed by atoms with Crippen LogP contribution < -0.4 is 5.32 Å². The van der Waals surface area contributed by atoms with Crippen molar-refractivity contribution < 1.29 is 0 Å². The van der Waals surface area contributed by atoms with Crippen molar-refractivity contribution in [1.82, 2.24) is 9.97 Å². The first-order chi connectivity index (χ1) is 9.75. The third-order valence-corrected chi connectivity index (χ3v) is 3.53. The Morgan fingerprint density at radius 1 is 1.00 bits per heavy atom. The standard InChI is InChI=1S/C16H14ClN3/c1-11(14-6-2-3-9-18-14)20-15-8-7-13(17)16-12(15)5-4-10-19-16/h2-11,20H,1H3. The summed E-state index contributed by atoms with van der Waals surface area (Å²) in [6.45, 7) is 2.08. The van der Waals surface area contributed by atoms with Crippen molar-refractivity contribution in [2.75, 3.05) is 5.32 Å². The van der Waals surface area contributed by atoms with Crippen LogP contribution in [-0.4, -0.2) is 9.97 Å². The summed E-state index contributed by atoms with van der Waals surface area (Å²) in [7, 11) is 0. The van der Waals surface area contributed by atoms with Gasteiger partial charge in [-0.15, -0.1) is 0 Å². The Kier molecular flexibility index (Phi) is 3.52. The molecule has 1 aromatic carbocycles. The van der Waals surface area contributed by atoms with Crippen molar-refractivity contribution in [3.8, 4) is 0 Å². The lowest BCUT2D eigenvalue weighted by atomic mass is 10.1. The minimum absolute atomic E-state index is 0.112. The topological polar surface area (TPSA) is 37.8 Å². The molecular formula is C16H14ClN3. The molecule has 100 valence electrons. The van der Waals surface area contributed by atoms with Crippen LogP contribution in [0.5, 0.6) is 0 Å². The highest BCUT2D eigenvalue weighted by Gasteiger charge is 2.10. The molecule has 4 heteroatoms. The molecule has 1 atom stereocenters. The summed E-state index contributed by atoms with van der Waals surface area (Å²) in [5.74, 6) is 0. The van der Waals surface area contributed by atoms with Crippen molar-refractivity contribution >= 4 is 28.2 Å². The monoisotopic (exact) mass is 283 g/mol. The van der Waals surface area contributed by atoms with E-state index in [4.69, 9.17) is 11.6 Å². The van der Waals surface area contributed by atoms with Crippen molar-refractivity contribution in [3.05, 3.63) is 65.6 Å². The zero-order valence-electron chi connectivity index (χ0n) is 11.0. The van der Waals surface area contributed by atoms with Crippen molar-refractivity contribution in [3.63, 3.8) is 0 Å². The van der Waals surface area contributed by atoms with Gasteiger partial charge >= 0.3 is 0 Å². The fourth-order valence-corrected chi connectivity index (χ4v) is 2.42. The van der Waals surface area contributed by atoms with E-state index in [9.17, 15) is 0 Å². The third kappa shape index (κ3) is 2.45. The second-order valence-electron chi connectivity index (χ2n) is 4.62. The molecule has 1 unspecified atom stereocenters. The normalized spacial score (nSPS) is 12.3. The molecule has 0 saturated heterocycles. The molecule has 0 radical (unpaired) electrons. The van der Waals surface area contributed by atoms with Gasteiger partial charge in [0, 0.05) is 23.5 Å². The van der Waals surface area contributed by atoms with Gasteiger partial charge in [-0.2, -0.15) is 0 Å². The van der Waals surface area contributed by atoms with Crippen molar-refractivity contribution in [1.29, 1.82) is 0 Å². The van der Waals surface area contributed by atoms with Crippen molar-refractivity contribution in [2.24, 2.45) is 0 Å².